The van der Waals surface area contributed by atoms with Crippen molar-refractivity contribution in [3.63, 3.8) is 0 Å². The normalized spacial score (nSPS) is 22.4. The van der Waals surface area contributed by atoms with Crippen LogP contribution in [0.4, 0.5) is 10.6 Å². The number of carboxylic acids is 1. The van der Waals surface area contributed by atoms with Crippen LogP contribution in [0.15, 0.2) is 28.6 Å². The second kappa shape index (κ2) is 9.96. The van der Waals surface area contributed by atoms with Crippen LogP contribution in [0.3, 0.4) is 0 Å². The van der Waals surface area contributed by atoms with E-state index in [1.165, 1.54) is 17.2 Å². The lowest BCUT2D eigenvalue weighted by Crippen LogP contribution is -2.36. The van der Waals surface area contributed by atoms with E-state index >= 15 is 0 Å². The minimum absolute atomic E-state index is 0.372. The fraction of sp³-hybridized carbons (Fsp3) is 0.389. The molecule has 0 aromatic carbocycles. The van der Waals surface area contributed by atoms with Gasteiger partial charge in [-0.1, -0.05) is 0 Å². The van der Waals surface area contributed by atoms with Gasteiger partial charge < -0.3 is 35.4 Å². The Balaban J connectivity index is 1.44. The maximum absolute atomic E-state index is 11.5. The number of alkyl carbamates (subject to hydrolysis) is 1. The van der Waals surface area contributed by atoms with Crippen LogP contribution in [-0.4, -0.2) is 78.4 Å². The number of nitrogens with one attached hydrogen (secondary N) is 2. The number of aliphatic carboxylic acids is 1. The second-order valence-corrected chi connectivity index (χ2v) is 9.55. The van der Waals surface area contributed by atoms with E-state index < -0.39 is 49.8 Å². The van der Waals surface area contributed by atoms with Crippen LogP contribution in [0.2, 0.25) is 0 Å². The fourth-order valence-corrected chi connectivity index (χ4v) is 4.66. The molecule has 0 aliphatic carbocycles. The highest BCUT2D eigenvalue weighted by Crippen LogP contribution is 2.32. The zero-order chi connectivity index (χ0) is 23.5. The van der Waals surface area contributed by atoms with Crippen molar-refractivity contribution in [1.82, 2.24) is 24.8 Å². The average Bonchev–Trinajstić information content (AvgIpc) is 3.48. The predicted octanol–water partition coefficient (Wildman–Crippen LogP) is 0.692. The maximum Gasteiger partial charge on any atom is 0.407 e. The summed E-state index contributed by atoms with van der Waals surface area (Å²) < 4.78 is 13.0. The summed E-state index contributed by atoms with van der Waals surface area (Å²) >= 11 is 5.01. The molecule has 0 spiro atoms. The molecule has 2 unspecified atom stereocenters. The number of carbonyl (C=O) groups is 2. The van der Waals surface area contributed by atoms with E-state index in [0.717, 1.165) is 8.66 Å². The maximum atomic E-state index is 11.5. The van der Waals surface area contributed by atoms with Crippen LogP contribution >= 0.6 is 27.3 Å². The predicted molar refractivity (Wildman–Crippen MR) is 118 cm³/mol. The van der Waals surface area contributed by atoms with Gasteiger partial charge in [-0.15, -0.1) is 11.3 Å². The van der Waals surface area contributed by atoms with Crippen molar-refractivity contribution in [2.75, 3.05) is 18.5 Å². The number of aliphatic hydroxyl groups is 2. The number of halogens is 1. The Morgan fingerprint density at radius 3 is 2.79 bits per heavy atom. The third-order valence-electron chi connectivity index (χ3n) is 4.79. The summed E-state index contributed by atoms with van der Waals surface area (Å²) in [5, 5.41) is 34.6. The molecular weight excluding hydrogens is 524 g/mol. The summed E-state index contributed by atoms with van der Waals surface area (Å²) in [6.45, 7) is -0.482. The quantitative estimate of drug-likeness (QED) is 0.270. The summed E-state index contributed by atoms with van der Waals surface area (Å²) in [7, 11) is 0. The Morgan fingerprint density at radius 1 is 1.24 bits per heavy atom. The average molecular weight is 543 g/mol. The Labute approximate surface area is 198 Å². The standard InChI is InChI=1S/C18H19BrN6O7S/c19-10-2-1-8(33-10)3-20-15-12-16(23-6-22-15)25(7-24-12)17-14(29)13(28)9(32-17)5-31-18(30)21-4-11(26)27/h1-2,6-7,9,13-14,17,28-29H,3-5H2,(H,21,30)(H,26,27)(H,20,22,23)/t9-,13?,14?,17-/m1/s1. The van der Waals surface area contributed by atoms with Crippen molar-refractivity contribution in [2.24, 2.45) is 0 Å². The first kappa shape index (κ1) is 23.3. The van der Waals surface area contributed by atoms with E-state index in [2.05, 4.69) is 36.2 Å². The van der Waals surface area contributed by atoms with Crippen molar-refractivity contribution in [3.05, 3.63) is 33.5 Å². The van der Waals surface area contributed by atoms with Crippen LogP contribution in [0.1, 0.15) is 11.1 Å². The fourth-order valence-electron chi connectivity index (χ4n) is 3.24. The molecule has 15 heteroatoms. The number of imidazole rings is 1. The van der Waals surface area contributed by atoms with Crippen molar-refractivity contribution in [1.29, 1.82) is 0 Å². The van der Waals surface area contributed by atoms with Crippen LogP contribution < -0.4 is 10.6 Å². The third kappa shape index (κ3) is 5.22. The lowest BCUT2D eigenvalue weighted by Gasteiger charge is -2.16. The first-order valence-electron chi connectivity index (χ1n) is 9.63. The van der Waals surface area contributed by atoms with Gasteiger partial charge in [0.25, 0.3) is 0 Å². The monoisotopic (exact) mass is 542 g/mol. The van der Waals surface area contributed by atoms with Gasteiger partial charge in [-0.05, 0) is 28.1 Å². The zero-order valence-electron chi connectivity index (χ0n) is 16.8. The number of thiophene rings is 1. The molecule has 1 aliphatic rings. The molecule has 0 radical (unpaired) electrons. The number of amides is 1. The van der Waals surface area contributed by atoms with Gasteiger partial charge in [0.2, 0.25) is 0 Å². The molecule has 0 bridgehead atoms. The van der Waals surface area contributed by atoms with Gasteiger partial charge >= 0.3 is 12.1 Å². The smallest absolute Gasteiger partial charge is 0.407 e. The van der Waals surface area contributed by atoms with Crippen molar-refractivity contribution < 1.29 is 34.4 Å². The number of hydrogen-bond acceptors (Lipinski definition) is 11. The minimum Gasteiger partial charge on any atom is -0.480 e. The van der Waals surface area contributed by atoms with Crippen LogP contribution in [0.25, 0.3) is 11.2 Å². The second-order valence-electron chi connectivity index (χ2n) is 7.00. The summed E-state index contributed by atoms with van der Waals surface area (Å²) in [5.41, 5.74) is 0.822. The van der Waals surface area contributed by atoms with E-state index in [0.29, 0.717) is 23.5 Å². The van der Waals surface area contributed by atoms with E-state index in [1.807, 2.05) is 17.4 Å². The van der Waals surface area contributed by atoms with Gasteiger partial charge in [0.05, 0.1) is 16.7 Å². The van der Waals surface area contributed by atoms with E-state index in [-0.39, 0.29) is 0 Å². The lowest BCUT2D eigenvalue weighted by molar-refractivity contribution is -0.135. The minimum atomic E-state index is -1.36. The first-order valence-corrected chi connectivity index (χ1v) is 11.2. The molecule has 1 saturated heterocycles. The van der Waals surface area contributed by atoms with E-state index in [9.17, 15) is 19.8 Å². The van der Waals surface area contributed by atoms with Crippen LogP contribution in [0, 0.1) is 0 Å². The molecule has 1 aliphatic heterocycles. The molecular formula is C18H19BrN6O7S. The van der Waals surface area contributed by atoms with Gasteiger partial charge in [-0.2, -0.15) is 0 Å². The number of carbonyl (C=O) groups excluding carboxylic acids is 1. The summed E-state index contributed by atoms with van der Waals surface area (Å²) in [6.07, 6.45) is -3.04. The lowest BCUT2D eigenvalue weighted by atomic mass is 10.1. The molecule has 176 valence electrons. The number of fused-ring (bicyclic) bond motifs is 1. The van der Waals surface area contributed by atoms with Gasteiger partial charge in [0, 0.05) is 4.88 Å². The Bertz CT molecular complexity index is 1160. The molecule has 3 aromatic rings. The topological polar surface area (TPSA) is 181 Å². The number of nitrogens with zero attached hydrogens (tertiary/aromatic N) is 4. The highest BCUT2D eigenvalue weighted by atomic mass is 79.9. The molecule has 4 heterocycles. The van der Waals surface area contributed by atoms with E-state index in [4.69, 9.17) is 14.6 Å². The summed E-state index contributed by atoms with van der Waals surface area (Å²) in [5.74, 6) is -0.739. The summed E-state index contributed by atoms with van der Waals surface area (Å²) in [4.78, 5) is 35.9. The Morgan fingerprint density at radius 2 is 2.06 bits per heavy atom. The number of hydrogen-bond donors (Lipinski definition) is 5. The molecule has 5 N–H and O–H groups in total. The highest BCUT2D eigenvalue weighted by molar-refractivity contribution is 9.11. The molecule has 0 saturated carbocycles. The Hall–Kier alpha value is -2.85. The number of rotatable bonds is 8. The molecule has 4 rings (SSSR count). The third-order valence-corrected chi connectivity index (χ3v) is 6.42. The number of aliphatic hydroxyl groups excluding tert-OH is 2. The molecule has 1 amide bonds. The molecule has 3 aromatic heterocycles. The van der Waals surface area contributed by atoms with Crippen molar-refractivity contribution in [2.45, 2.75) is 31.1 Å². The SMILES string of the molecule is O=C(O)CNC(=O)OC[C@H]1O[C@@H](n2cnc3c(NCc4ccc(Br)s4)ncnc32)C(O)C1O. The number of aromatic nitrogens is 4. The van der Waals surface area contributed by atoms with Crippen molar-refractivity contribution in [3.8, 4) is 0 Å². The first-order chi connectivity index (χ1) is 15.8. The molecule has 1 fully saturated rings. The van der Waals surface area contributed by atoms with Gasteiger partial charge in [0.1, 0.15) is 37.8 Å². The molecule has 33 heavy (non-hydrogen) atoms. The largest absolute Gasteiger partial charge is 0.480 e. The Kier molecular flexibility index (Phi) is 7.04. The number of carboxylic acid groups (broad SMARTS) is 1. The van der Waals surface area contributed by atoms with Gasteiger partial charge in [-0.3, -0.25) is 9.36 Å². The van der Waals surface area contributed by atoms with Gasteiger partial charge in [0.15, 0.2) is 23.2 Å². The van der Waals surface area contributed by atoms with Crippen LogP contribution in [0.5, 0.6) is 0 Å². The zero-order valence-corrected chi connectivity index (χ0v) is 19.2. The van der Waals surface area contributed by atoms with Crippen molar-refractivity contribution >= 4 is 56.3 Å². The highest BCUT2D eigenvalue weighted by Gasteiger charge is 2.45. The number of ether oxygens (including phenoxy) is 2. The number of anilines is 1. The molecule has 13 nitrogen and oxygen atoms in total. The van der Waals surface area contributed by atoms with E-state index in [1.54, 1.807) is 11.3 Å². The summed E-state index contributed by atoms with van der Waals surface area (Å²) in [6, 6.07) is 3.93. The van der Waals surface area contributed by atoms with Gasteiger partial charge in [-0.25, -0.2) is 19.7 Å². The van der Waals surface area contributed by atoms with Crippen LogP contribution in [-0.2, 0) is 20.8 Å². The molecule has 4 atom stereocenters.